The maximum absolute atomic E-state index is 5.79. The topological polar surface area (TPSA) is 53.6 Å². The zero-order chi connectivity index (χ0) is 14.7. The Labute approximate surface area is 117 Å². The molecule has 4 nitrogen and oxygen atoms in total. The number of aliphatic imine (C=N–C) groups is 1. The normalized spacial score (nSPS) is 13.4. The Kier molecular flexibility index (Phi) is 9.53. The predicted octanol–water partition coefficient (Wildman–Crippen LogP) is 1.78. The summed E-state index contributed by atoms with van der Waals surface area (Å²) in [5.74, 6) is 0.943. The van der Waals surface area contributed by atoms with E-state index in [-0.39, 0.29) is 0 Å². The first kappa shape index (κ1) is 17.4. The zero-order valence-corrected chi connectivity index (χ0v) is 12.3. The van der Waals surface area contributed by atoms with Gasteiger partial charge < -0.3 is 11.1 Å². The quantitative estimate of drug-likeness (QED) is 0.359. The number of rotatable bonds is 10. The van der Waals surface area contributed by atoms with Crippen molar-refractivity contribution in [3.63, 3.8) is 0 Å². The van der Waals surface area contributed by atoms with Gasteiger partial charge in [-0.25, -0.2) is 0 Å². The third kappa shape index (κ3) is 7.47. The Morgan fingerprint density at radius 2 is 1.79 bits per heavy atom. The van der Waals surface area contributed by atoms with Gasteiger partial charge in [-0.15, -0.1) is 19.7 Å². The SMILES string of the molecule is C=CCNC(N)=NCC(C(C)C)N(CC=C)CC=C. The molecule has 0 saturated carbocycles. The number of nitrogens with one attached hydrogen (secondary N) is 1. The van der Waals surface area contributed by atoms with E-state index >= 15 is 0 Å². The van der Waals surface area contributed by atoms with E-state index in [1.807, 2.05) is 12.2 Å². The van der Waals surface area contributed by atoms with E-state index in [0.717, 1.165) is 13.1 Å². The summed E-state index contributed by atoms with van der Waals surface area (Å²) in [5.41, 5.74) is 5.79. The Morgan fingerprint density at radius 3 is 2.21 bits per heavy atom. The second-order valence-corrected chi connectivity index (χ2v) is 4.74. The van der Waals surface area contributed by atoms with Gasteiger partial charge in [0.25, 0.3) is 0 Å². The smallest absolute Gasteiger partial charge is 0.188 e. The molecule has 1 unspecified atom stereocenters. The molecule has 0 heterocycles. The highest BCUT2D eigenvalue weighted by Crippen LogP contribution is 2.11. The van der Waals surface area contributed by atoms with E-state index < -0.39 is 0 Å². The molecule has 1 atom stereocenters. The fraction of sp³-hybridized carbons (Fsp3) is 0.533. The van der Waals surface area contributed by atoms with Crippen molar-refractivity contribution in [3.8, 4) is 0 Å². The van der Waals surface area contributed by atoms with E-state index in [1.165, 1.54) is 0 Å². The predicted molar refractivity (Wildman–Crippen MR) is 85.3 cm³/mol. The summed E-state index contributed by atoms with van der Waals surface area (Å²) in [6.45, 7) is 18.5. The van der Waals surface area contributed by atoms with Crippen molar-refractivity contribution in [2.24, 2.45) is 16.6 Å². The van der Waals surface area contributed by atoms with Crippen LogP contribution in [-0.4, -0.2) is 43.1 Å². The molecule has 0 aliphatic heterocycles. The average Bonchev–Trinajstić information content (AvgIpc) is 2.36. The molecule has 0 aliphatic rings. The molecule has 3 N–H and O–H groups in total. The van der Waals surface area contributed by atoms with Crippen LogP contribution in [0.4, 0.5) is 0 Å². The maximum atomic E-state index is 5.79. The third-order valence-electron chi connectivity index (χ3n) is 2.84. The van der Waals surface area contributed by atoms with Crippen LogP contribution in [-0.2, 0) is 0 Å². The highest BCUT2D eigenvalue weighted by molar-refractivity contribution is 5.77. The van der Waals surface area contributed by atoms with E-state index in [4.69, 9.17) is 5.73 Å². The van der Waals surface area contributed by atoms with Crippen LogP contribution in [0.15, 0.2) is 43.0 Å². The minimum Gasteiger partial charge on any atom is -0.370 e. The second kappa shape index (κ2) is 10.4. The van der Waals surface area contributed by atoms with Crippen molar-refractivity contribution in [2.75, 3.05) is 26.2 Å². The molecule has 19 heavy (non-hydrogen) atoms. The Balaban J connectivity index is 4.64. The van der Waals surface area contributed by atoms with Crippen LogP contribution in [0.25, 0.3) is 0 Å². The van der Waals surface area contributed by atoms with Gasteiger partial charge in [-0.3, -0.25) is 9.89 Å². The van der Waals surface area contributed by atoms with E-state index in [9.17, 15) is 0 Å². The van der Waals surface area contributed by atoms with Crippen LogP contribution < -0.4 is 11.1 Å². The van der Waals surface area contributed by atoms with Crippen molar-refractivity contribution in [3.05, 3.63) is 38.0 Å². The van der Waals surface area contributed by atoms with Crippen molar-refractivity contribution in [2.45, 2.75) is 19.9 Å². The van der Waals surface area contributed by atoms with Gasteiger partial charge in [-0.1, -0.05) is 32.1 Å². The molecule has 0 rings (SSSR count). The molecule has 0 bridgehead atoms. The lowest BCUT2D eigenvalue weighted by Crippen LogP contribution is -2.42. The Hall–Kier alpha value is -1.55. The monoisotopic (exact) mass is 264 g/mol. The number of nitrogens with two attached hydrogens (primary N) is 1. The van der Waals surface area contributed by atoms with Gasteiger partial charge in [0, 0.05) is 25.7 Å². The minimum absolute atomic E-state index is 0.320. The molecular formula is C15H28N4. The lowest BCUT2D eigenvalue weighted by molar-refractivity contribution is 0.195. The summed E-state index contributed by atoms with van der Waals surface area (Å²) in [6, 6.07) is 0.320. The lowest BCUT2D eigenvalue weighted by atomic mass is 10.0. The van der Waals surface area contributed by atoms with Gasteiger partial charge in [0.2, 0.25) is 0 Å². The molecule has 0 fully saturated rings. The summed E-state index contributed by atoms with van der Waals surface area (Å²) >= 11 is 0. The Bertz CT molecular complexity index is 297. The molecule has 0 spiro atoms. The summed E-state index contributed by atoms with van der Waals surface area (Å²) in [7, 11) is 0. The molecule has 0 aromatic heterocycles. The first-order chi connectivity index (χ1) is 9.06. The molecular weight excluding hydrogens is 236 g/mol. The molecule has 0 aliphatic carbocycles. The molecule has 0 aromatic carbocycles. The van der Waals surface area contributed by atoms with Gasteiger partial charge in [0.05, 0.1) is 6.54 Å². The van der Waals surface area contributed by atoms with Crippen molar-refractivity contribution >= 4 is 5.96 Å². The molecule has 0 saturated heterocycles. The van der Waals surface area contributed by atoms with Gasteiger partial charge >= 0.3 is 0 Å². The summed E-state index contributed by atoms with van der Waals surface area (Å²) in [6.07, 6.45) is 5.56. The highest BCUT2D eigenvalue weighted by Gasteiger charge is 2.19. The maximum Gasteiger partial charge on any atom is 0.188 e. The van der Waals surface area contributed by atoms with Crippen LogP contribution in [0, 0.1) is 5.92 Å². The van der Waals surface area contributed by atoms with E-state index in [0.29, 0.717) is 31.0 Å². The van der Waals surface area contributed by atoms with Crippen LogP contribution in [0.3, 0.4) is 0 Å². The molecule has 0 amide bonds. The lowest BCUT2D eigenvalue weighted by Gasteiger charge is -2.31. The summed E-state index contributed by atoms with van der Waals surface area (Å²) in [5, 5.41) is 2.98. The van der Waals surface area contributed by atoms with Crippen molar-refractivity contribution < 1.29 is 0 Å². The molecule has 0 aromatic rings. The first-order valence-corrected chi connectivity index (χ1v) is 6.67. The molecule has 0 radical (unpaired) electrons. The summed E-state index contributed by atoms with van der Waals surface area (Å²) < 4.78 is 0. The highest BCUT2D eigenvalue weighted by atomic mass is 15.2. The van der Waals surface area contributed by atoms with Gasteiger partial charge in [-0.05, 0) is 5.92 Å². The van der Waals surface area contributed by atoms with Gasteiger partial charge in [-0.2, -0.15) is 0 Å². The summed E-state index contributed by atoms with van der Waals surface area (Å²) in [4.78, 5) is 6.69. The largest absolute Gasteiger partial charge is 0.370 e. The number of guanidine groups is 1. The number of hydrogen-bond acceptors (Lipinski definition) is 2. The van der Waals surface area contributed by atoms with Crippen LogP contribution in [0.2, 0.25) is 0 Å². The van der Waals surface area contributed by atoms with E-state index in [1.54, 1.807) is 6.08 Å². The number of nitrogens with zero attached hydrogens (tertiary/aromatic N) is 2. The minimum atomic E-state index is 0.320. The fourth-order valence-electron chi connectivity index (χ4n) is 1.85. The molecule has 4 heteroatoms. The van der Waals surface area contributed by atoms with Crippen molar-refractivity contribution in [1.29, 1.82) is 0 Å². The van der Waals surface area contributed by atoms with Crippen LogP contribution in [0.5, 0.6) is 0 Å². The van der Waals surface area contributed by atoms with Gasteiger partial charge in [0.15, 0.2) is 5.96 Å². The van der Waals surface area contributed by atoms with Gasteiger partial charge in [0.1, 0.15) is 0 Å². The standard InChI is InChI=1S/C15H28N4/c1-6-9-17-15(16)18-12-14(13(4)5)19(10-7-2)11-8-3/h6-8,13-14H,1-3,9-12H2,4-5H3,(H3,16,17,18). The third-order valence-corrected chi connectivity index (χ3v) is 2.84. The van der Waals surface area contributed by atoms with Crippen molar-refractivity contribution in [1.82, 2.24) is 10.2 Å². The second-order valence-electron chi connectivity index (χ2n) is 4.74. The fourth-order valence-corrected chi connectivity index (χ4v) is 1.85. The first-order valence-electron chi connectivity index (χ1n) is 6.67. The van der Waals surface area contributed by atoms with Crippen LogP contribution in [0.1, 0.15) is 13.8 Å². The van der Waals surface area contributed by atoms with E-state index in [2.05, 4.69) is 48.8 Å². The van der Waals surface area contributed by atoms with Crippen LogP contribution >= 0.6 is 0 Å². The average molecular weight is 264 g/mol. The number of hydrogen-bond donors (Lipinski definition) is 2. The Morgan fingerprint density at radius 1 is 1.21 bits per heavy atom. The zero-order valence-electron chi connectivity index (χ0n) is 12.3. The molecule has 108 valence electrons.